The fourth-order valence-electron chi connectivity index (χ4n) is 2.98. The molecule has 0 saturated heterocycles. The Kier molecular flexibility index (Phi) is 10.2. The van der Waals surface area contributed by atoms with Crippen molar-refractivity contribution in [2.75, 3.05) is 59.9 Å². The number of nitrogens with zero attached hydrogens (tertiary/aromatic N) is 3. The lowest BCUT2D eigenvalue weighted by atomic mass is 10.2. The van der Waals surface area contributed by atoms with Crippen LogP contribution in [0.1, 0.15) is 12.0 Å². The third-order valence-electron chi connectivity index (χ3n) is 4.93. The van der Waals surface area contributed by atoms with Crippen LogP contribution in [-0.2, 0) is 11.3 Å². The lowest BCUT2D eigenvalue weighted by Crippen LogP contribution is -2.43. The van der Waals surface area contributed by atoms with Gasteiger partial charge in [0, 0.05) is 39.9 Å². The average Bonchev–Trinajstić information content (AvgIpc) is 2.82. The van der Waals surface area contributed by atoms with Gasteiger partial charge >= 0.3 is 0 Å². The van der Waals surface area contributed by atoms with Crippen LogP contribution in [0.15, 0.2) is 53.5 Å². The number of ether oxygens (including phenoxy) is 2. The Morgan fingerprint density at radius 1 is 0.969 bits per heavy atom. The molecule has 0 atom stereocenters. The molecule has 0 aromatic heterocycles. The second-order valence-corrected chi connectivity index (χ2v) is 7.53. The highest BCUT2D eigenvalue weighted by Gasteiger charge is 2.08. The quantitative estimate of drug-likeness (QED) is 0.317. The zero-order chi connectivity index (χ0) is 23.3. The van der Waals surface area contributed by atoms with E-state index in [1.807, 2.05) is 36.4 Å². The number of hydrogen-bond acceptors (Lipinski definition) is 5. The Morgan fingerprint density at radius 2 is 1.69 bits per heavy atom. The van der Waals surface area contributed by atoms with Gasteiger partial charge in [0.15, 0.2) is 17.5 Å². The van der Waals surface area contributed by atoms with Crippen LogP contribution in [0.3, 0.4) is 0 Å². The number of aliphatic imine (C=N–C) groups is 1. The summed E-state index contributed by atoms with van der Waals surface area (Å²) in [7, 11) is 8.77. The first-order valence-electron chi connectivity index (χ1n) is 10.6. The Bertz CT molecular complexity index is 871. The minimum Gasteiger partial charge on any atom is -0.493 e. The van der Waals surface area contributed by atoms with Crippen molar-refractivity contribution in [1.82, 2.24) is 15.5 Å². The number of carbonyl (C=O) groups is 1. The first-order valence-corrected chi connectivity index (χ1v) is 10.6. The van der Waals surface area contributed by atoms with Crippen LogP contribution >= 0.6 is 0 Å². The number of anilines is 1. The molecule has 8 nitrogen and oxygen atoms in total. The van der Waals surface area contributed by atoms with Crippen molar-refractivity contribution in [3.05, 3.63) is 54.1 Å². The Labute approximate surface area is 191 Å². The molecule has 32 heavy (non-hydrogen) atoms. The van der Waals surface area contributed by atoms with E-state index in [4.69, 9.17) is 9.47 Å². The molecule has 2 rings (SSSR count). The van der Waals surface area contributed by atoms with E-state index in [1.165, 1.54) is 5.69 Å². The van der Waals surface area contributed by atoms with Gasteiger partial charge in [0.25, 0.3) is 0 Å². The van der Waals surface area contributed by atoms with Crippen molar-refractivity contribution in [3.63, 3.8) is 0 Å². The zero-order valence-corrected chi connectivity index (χ0v) is 19.7. The summed E-state index contributed by atoms with van der Waals surface area (Å²) in [5.41, 5.74) is 2.16. The van der Waals surface area contributed by atoms with Crippen LogP contribution in [0.25, 0.3) is 0 Å². The number of para-hydroxylation sites is 1. The summed E-state index contributed by atoms with van der Waals surface area (Å²) < 4.78 is 10.7. The highest BCUT2D eigenvalue weighted by atomic mass is 16.5. The van der Waals surface area contributed by atoms with Crippen molar-refractivity contribution < 1.29 is 14.3 Å². The number of nitrogens with one attached hydrogen (secondary N) is 2. The van der Waals surface area contributed by atoms with Gasteiger partial charge in [-0.05, 0) is 36.2 Å². The summed E-state index contributed by atoms with van der Waals surface area (Å²) in [4.78, 5) is 20.4. The summed E-state index contributed by atoms with van der Waals surface area (Å²) in [6, 6.07) is 16.0. The number of amides is 1. The number of likely N-dealkylation sites (N-methyl/N-ethyl adjacent to an activating group) is 1. The monoisotopic (exact) mass is 441 g/mol. The lowest BCUT2D eigenvalue weighted by molar-refractivity contribution is -0.127. The lowest BCUT2D eigenvalue weighted by Gasteiger charge is -2.20. The number of carbonyl (C=O) groups excluding carboxylic acids is 1. The average molecular weight is 442 g/mol. The molecule has 1 amide bonds. The van der Waals surface area contributed by atoms with E-state index in [0.717, 1.165) is 25.1 Å². The van der Waals surface area contributed by atoms with Gasteiger partial charge < -0.3 is 29.9 Å². The van der Waals surface area contributed by atoms with E-state index in [1.54, 1.807) is 33.2 Å². The number of rotatable bonds is 11. The van der Waals surface area contributed by atoms with Crippen molar-refractivity contribution in [2.24, 2.45) is 4.99 Å². The van der Waals surface area contributed by atoms with E-state index in [-0.39, 0.29) is 12.5 Å². The molecule has 0 fully saturated rings. The fourth-order valence-corrected chi connectivity index (χ4v) is 2.98. The number of methoxy groups -OCH3 is 2. The predicted molar refractivity (Wildman–Crippen MR) is 130 cm³/mol. The zero-order valence-electron chi connectivity index (χ0n) is 19.7. The van der Waals surface area contributed by atoms with Gasteiger partial charge in [-0.1, -0.05) is 24.3 Å². The van der Waals surface area contributed by atoms with Crippen LogP contribution < -0.4 is 25.0 Å². The first kappa shape index (κ1) is 24.8. The maximum Gasteiger partial charge on any atom is 0.241 e. The Balaban J connectivity index is 1.96. The molecule has 0 radical (unpaired) electrons. The maximum atomic E-state index is 12.0. The molecule has 0 heterocycles. The van der Waals surface area contributed by atoms with E-state index < -0.39 is 0 Å². The predicted octanol–water partition coefficient (Wildman–Crippen LogP) is 2.35. The summed E-state index contributed by atoms with van der Waals surface area (Å²) in [6.45, 7) is 2.24. The number of hydrogen-bond donors (Lipinski definition) is 2. The smallest absolute Gasteiger partial charge is 0.241 e. The highest BCUT2D eigenvalue weighted by Crippen LogP contribution is 2.27. The molecule has 8 heteroatoms. The molecule has 0 aliphatic carbocycles. The van der Waals surface area contributed by atoms with E-state index >= 15 is 0 Å². The fraction of sp³-hybridized carbons (Fsp3) is 0.417. The molecule has 0 unspecified atom stereocenters. The van der Waals surface area contributed by atoms with Crippen molar-refractivity contribution in [3.8, 4) is 11.5 Å². The Hall–Kier alpha value is -3.42. The van der Waals surface area contributed by atoms with Gasteiger partial charge in [-0.25, -0.2) is 4.99 Å². The van der Waals surface area contributed by atoms with E-state index in [9.17, 15) is 4.79 Å². The molecular weight excluding hydrogens is 406 g/mol. The molecule has 0 bridgehead atoms. The van der Waals surface area contributed by atoms with E-state index in [2.05, 4.69) is 39.7 Å². The number of benzene rings is 2. The third kappa shape index (κ3) is 8.02. The summed E-state index contributed by atoms with van der Waals surface area (Å²) >= 11 is 0. The summed E-state index contributed by atoms with van der Waals surface area (Å²) in [6.07, 6.45) is 0.921. The molecule has 2 aromatic rings. The molecule has 2 aromatic carbocycles. The topological polar surface area (TPSA) is 78.4 Å². The second kappa shape index (κ2) is 13.1. The summed E-state index contributed by atoms with van der Waals surface area (Å²) in [5, 5.41) is 6.45. The van der Waals surface area contributed by atoms with Gasteiger partial charge in [-0.15, -0.1) is 0 Å². The van der Waals surface area contributed by atoms with Crippen LogP contribution in [0.2, 0.25) is 0 Å². The Morgan fingerprint density at radius 3 is 2.34 bits per heavy atom. The molecule has 2 N–H and O–H groups in total. The van der Waals surface area contributed by atoms with Gasteiger partial charge in [-0.3, -0.25) is 4.79 Å². The van der Waals surface area contributed by atoms with Gasteiger partial charge in [0.1, 0.15) is 0 Å². The summed E-state index contributed by atoms with van der Waals surface area (Å²) in [5.74, 6) is 1.91. The second-order valence-electron chi connectivity index (χ2n) is 7.53. The molecule has 0 saturated carbocycles. The minimum atomic E-state index is -0.0190. The SMILES string of the molecule is COc1ccc(CN=C(NCCCN(C)c2ccccc2)NCC(=O)N(C)C)cc1OC. The van der Waals surface area contributed by atoms with Gasteiger partial charge in [0.2, 0.25) is 5.91 Å². The van der Waals surface area contributed by atoms with Gasteiger partial charge in [0.05, 0.1) is 27.3 Å². The van der Waals surface area contributed by atoms with Gasteiger partial charge in [-0.2, -0.15) is 0 Å². The number of guanidine groups is 1. The minimum absolute atomic E-state index is 0.0190. The first-order chi connectivity index (χ1) is 15.4. The van der Waals surface area contributed by atoms with Crippen molar-refractivity contribution >= 4 is 17.6 Å². The molecule has 174 valence electrons. The molecule has 0 aliphatic heterocycles. The van der Waals surface area contributed by atoms with E-state index in [0.29, 0.717) is 24.0 Å². The standard InChI is InChI=1S/C24H35N5O3/c1-28(2)23(30)18-27-24(25-14-9-15-29(3)20-10-7-6-8-11-20)26-17-19-12-13-21(31-4)22(16-19)32-5/h6-8,10-13,16H,9,14-15,17-18H2,1-5H3,(H2,25,26,27). The van der Waals surface area contributed by atoms with Crippen LogP contribution in [0.5, 0.6) is 11.5 Å². The van der Waals surface area contributed by atoms with Crippen LogP contribution in [-0.4, -0.2) is 71.8 Å². The van der Waals surface area contributed by atoms with Crippen LogP contribution in [0.4, 0.5) is 5.69 Å². The van der Waals surface area contributed by atoms with Crippen molar-refractivity contribution in [2.45, 2.75) is 13.0 Å². The normalized spacial score (nSPS) is 11.0. The van der Waals surface area contributed by atoms with Crippen LogP contribution in [0, 0.1) is 0 Å². The maximum absolute atomic E-state index is 12.0. The third-order valence-corrected chi connectivity index (χ3v) is 4.93. The molecule has 0 aliphatic rings. The largest absolute Gasteiger partial charge is 0.493 e. The highest BCUT2D eigenvalue weighted by molar-refractivity contribution is 5.86. The molecular formula is C24H35N5O3. The van der Waals surface area contributed by atoms with Crippen molar-refractivity contribution in [1.29, 1.82) is 0 Å². The molecule has 0 spiro atoms.